The molecule has 0 saturated carbocycles. The summed E-state index contributed by atoms with van der Waals surface area (Å²) in [6.07, 6.45) is 0.846. The molecule has 1 aliphatic heterocycles. The maximum absolute atomic E-state index is 11.4. The third-order valence-corrected chi connectivity index (χ3v) is 3.83. The van der Waals surface area contributed by atoms with E-state index in [0.717, 1.165) is 27.9 Å². The fourth-order valence-corrected chi connectivity index (χ4v) is 2.80. The molecule has 1 aliphatic rings. The topological polar surface area (TPSA) is 46.2 Å². The molecule has 0 atom stereocenters. The number of benzene rings is 1. The lowest BCUT2D eigenvalue weighted by molar-refractivity contribution is 0.0965. The summed E-state index contributed by atoms with van der Waals surface area (Å²) < 4.78 is 0. The first-order chi connectivity index (χ1) is 8.28. The lowest BCUT2D eigenvalue weighted by Crippen LogP contribution is -2.12. The van der Waals surface area contributed by atoms with Crippen LogP contribution in [0.3, 0.4) is 0 Å². The van der Waals surface area contributed by atoms with E-state index in [1.807, 2.05) is 29.6 Å². The number of carbonyl (C=O) groups is 2. The van der Waals surface area contributed by atoms with Crippen molar-refractivity contribution in [2.75, 3.05) is 0 Å². The zero-order valence-corrected chi connectivity index (χ0v) is 9.71. The van der Waals surface area contributed by atoms with E-state index in [1.165, 1.54) is 11.3 Å². The molecule has 0 saturated heterocycles. The molecule has 3 rings (SSSR count). The highest BCUT2D eigenvalue weighted by molar-refractivity contribution is 7.13. The van der Waals surface area contributed by atoms with Crippen molar-refractivity contribution in [1.29, 1.82) is 0 Å². The Bertz CT molecular complexity index is 616. The quantitative estimate of drug-likeness (QED) is 0.824. The maximum atomic E-state index is 11.4. The van der Waals surface area contributed by atoms with Crippen molar-refractivity contribution in [2.24, 2.45) is 0 Å². The first-order valence-electron chi connectivity index (χ1n) is 5.23. The van der Waals surface area contributed by atoms with Gasteiger partial charge in [-0.3, -0.25) is 9.59 Å². The third kappa shape index (κ3) is 1.66. The van der Waals surface area contributed by atoms with Gasteiger partial charge in [0, 0.05) is 27.9 Å². The molecule has 1 N–H and O–H groups in total. The fourth-order valence-electron chi connectivity index (χ4n) is 1.95. The standard InChI is InChI=1S/C13H9NO2S/c15-6-8-3-12(17-7-8)9-1-2-11-10(4-9)5-14-13(11)16/h1-4,6-7H,5H2,(H,14,16). The van der Waals surface area contributed by atoms with E-state index < -0.39 is 0 Å². The number of hydrogen-bond acceptors (Lipinski definition) is 3. The number of fused-ring (bicyclic) bond motifs is 1. The van der Waals surface area contributed by atoms with Gasteiger partial charge in [0.1, 0.15) is 0 Å². The van der Waals surface area contributed by atoms with E-state index >= 15 is 0 Å². The second kappa shape index (κ2) is 3.82. The Hall–Kier alpha value is -1.94. The summed E-state index contributed by atoms with van der Waals surface area (Å²) in [7, 11) is 0. The number of hydrogen-bond donors (Lipinski definition) is 1. The predicted octanol–water partition coefficient (Wildman–Crippen LogP) is 2.47. The SMILES string of the molecule is O=Cc1csc(-c2ccc3c(c2)CNC3=O)c1. The zero-order chi connectivity index (χ0) is 11.8. The van der Waals surface area contributed by atoms with Gasteiger partial charge < -0.3 is 5.32 Å². The number of carbonyl (C=O) groups excluding carboxylic acids is 2. The monoisotopic (exact) mass is 243 g/mol. The first-order valence-corrected chi connectivity index (χ1v) is 6.11. The van der Waals surface area contributed by atoms with E-state index in [2.05, 4.69) is 5.32 Å². The van der Waals surface area contributed by atoms with Gasteiger partial charge in [0.25, 0.3) is 5.91 Å². The molecule has 0 aliphatic carbocycles. The van der Waals surface area contributed by atoms with Crippen LogP contribution in [0.15, 0.2) is 29.6 Å². The van der Waals surface area contributed by atoms with Crippen molar-refractivity contribution in [3.8, 4) is 10.4 Å². The molecule has 17 heavy (non-hydrogen) atoms. The third-order valence-electron chi connectivity index (χ3n) is 2.83. The molecule has 0 fully saturated rings. The van der Waals surface area contributed by atoms with E-state index in [0.29, 0.717) is 12.1 Å². The lowest BCUT2D eigenvalue weighted by atomic mass is 10.0. The van der Waals surface area contributed by atoms with Crippen LogP contribution in [0.25, 0.3) is 10.4 Å². The van der Waals surface area contributed by atoms with Crippen LogP contribution in [0.1, 0.15) is 26.3 Å². The van der Waals surface area contributed by atoms with E-state index in [4.69, 9.17) is 0 Å². The van der Waals surface area contributed by atoms with Crippen molar-refractivity contribution in [3.05, 3.63) is 46.3 Å². The minimum Gasteiger partial charge on any atom is -0.348 e. The van der Waals surface area contributed by atoms with Gasteiger partial charge in [0.2, 0.25) is 0 Å². The Morgan fingerprint density at radius 3 is 2.94 bits per heavy atom. The molecule has 1 amide bonds. The van der Waals surface area contributed by atoms with Crippen LogP contribution >= 0.6 is 11.3 Å². The van der Waals surface area contributed by atoms with Crippen molar-refractivity contribution in [2.45, 2.75) is 6.54 Å². The van der Waals surface area contributed by atoms with Crippen molar-refractivity contribution in [1.82, 2.24) is 5.32 Å². The minimum atomic E-state index is -0.00805. The van der Waals surface area contributed by atoms with E-state index in [1.54, 1.807) is 0 Å². The van der Waals surface area contributed by atoms with E-state index in [9.17, 15) is 9.59 Å². The molecule has 0 unspecified atom stereocenters. The predicted molar refractivity (Wildman–Crippen MR) is 66.3 cm³/mol. The normalized spacial score (nSPS) is 13.3. The average Bonchev–Trinajstić information content (AvgIpc) is 2.96. The molecule has 0 radical (unpaired) electrons. The molecule has 4 heteroatoms. The van der Waals surface area contributed by atoms with E-state index in [-0.39, 0.29) is 5.91 Å². The smallest absolute Gasteiger partial charge is 0.251 e. The summed E-state index contributed by atoms with van der Waals surface area (Å²) in [5, 5.41) is 4.62. The average molecular weight is 243 g/mol. The van der Waals surface area contributed by atoms with Gasteiger partial charge in [-0.15, -0.1) is 11.3 Å². The van der Waals surface area contributed by atoms with Crippen molar-refractivity contribution in [3.63, 3.8) is 0 Å². The molecular formula is C13H9NO2S. The summed E-state index contributed by atoms with van der Waals surface area (Å²) in [5.41, 5.74) is 3.52. The molecule has 2 aromatic rings. The Balaban J connectivity index is 2.05. The lowest BCUT2D eigenvalue weighted by Gasteiger charge is -2.00. The minimum absolute atomic E-state index is 0.00805. The van der Waals surface area contributed by atoms with Crippen LogP contribution in [0, 0.1) is 0 Å². The maximum Gasteiger partial charge on any atom is 0.251 e. The highest BCUT2D eigenvalue weighted by Crippen LogP contribution is 2.29. The molecule has 1 aromatic heterocycles. The molecule has 0 bridgehead atoms. The summed E-state index contributed by atoms with van der Waals surface area (Å²) in [6.45, 7) is 0.591. The van der Waals surface area contributed by atoms with Gasteiger partial charge in [-0.1, -0.05) is 6.07 Å². The van der Waals surface area contributed by atoms with Crippen LogP contribution in [-0.2, 0) is 6.54 Å². The molecule has 84 valence electrons. The molecule has 0 spiro atoms. The second-order valence-corrected chi connectivity index (χ2v) is 4.83. The number of rotatable bonds is 2. The Labute approximate surface area is 102 Å². The number of nitrogens with one attached hydrogen (secondary N) is 1. The Morgan fingerprint density at radius 2 is 2.18 bits per heavy atom. The van der Waals surface area contributed by atoms with Crippen LogP contribution in [0.4, 0.5) is 0 Å². The summed E-state index contributed by atoms with van der Waals surface area (Å²) in [6, 6.07) is 7.63. The number of amides is 1. The molecule has 3 nitrogen and oxygen atoms in total. The molecule has 2 heterocycles. The highest BCUT2D eigenvalue weighted by atomic mass is 32.1. The van der Waals surface area contributed by atoms with Crippen molar-refractivity contribution < 1.29 is 9.59 Å². The fraction of sp³-hybridized carbons (Fsp3) is 0.0769. The van der Waals surface area contributed by atoms with Gasteiger partial charge in [-0.25, -0.2) is 0 Å². The van der Waals surface area contributed by atoms with Gasteiger partial charge in [0.15, 0.2) is 6.29 Å². The Morgan fingerprint density at radius 1 is 1.29 bits per heavy atom. The number of thiophene rings is 1. The van der Waals surface area contributed by atoms with Gasteiger partial charge >= 0.3 is 0 Å². The largest absolute Gasteiger partial charge is 0.348 e. The molecule has 1 aromatic carbocycles. The summed E-state index contributed by atoms with van der Waals surface area (Å²) in [5.74, 6) is -0.00805. The van der Waals surface area contributed by atoms with Gasteiger partial charge in [0.05, 0.1) is 0 Å². The van der Waals surface area contributed by atoms with Crippen LogP contribution < -0.4 is 5.32 Å². The van der Waals surface area contributed by atoms with Crippen LogP contribution in [-0.4, -0.2) is 12.2 Å². The summed E-state index contributed by atoms with van der Waals surface area (Å²) >= 11 is 1.54. The Kier molecular flexibility index (Phi) is 2.30. The van der Waals surface area contributed by atoms with Crippen LogP contribution in [0.2, 0.25) is 0 Å². The second-order valence-electron chi connectivity index (χ2n) is 3.92. The first kappa shape index (κ1) is 10.2. The highest BCUT2D eigenvalue weighted by Gasteiger charge is 2.18. The van der Waals surface area contributed by atoms with Crippen molar-refractivity contribution >= 4 is 23.5 Å². The van der Waals surface area contributed by atoms with Gasteiger partial charge in [-0.2, -0.15) is 0 Å². The zero-order valence-electron chi connectivity index (χ0n) is 8.90. The van der Waals surface area contributed by atoms with Crippen LogP contribution in [0.5, 0.6) is 0 Å². The van der Waals surface area contributed by atoms with Gasteiger partial charge in [-0.05, 0) is 29.3 Å². The summed E-state index contributed by atoms with van der Waals surface area (Å²) in [4.78, 5) is 23.1. The number of aldehydes is 1. The molecular weight excluding hydrogens is 234 g/mol.